The van der Waals surface area contributed by atoms with Gasteiger partial charge in [0.2, 0.25) is 5.91 Å². The van der Waals surface area contributed by atoms with E-state index in [0.717, 1.165) is 51.5 Å². The molecule has 0 bridgehead atoms. The SMILES string of the molecule is CCN=C(NC1CCN(C(=O)C2CCCC2)C1)NC1C2CCOC2C12CCCC2. The smallest absolute Gasteiger partial charge is 0.225 e. The lowest BCUT2D eigenvalue weighted by Crippen LogP contribution is -2.69. The van der Waals surface area contributed by atoms with Crippen LogP contribution in [0.25, 0.3) is 0 Å². The lowest BCUT2D eigenvalue weighted by molar-refractivity contribution is -0.134. The number of nitrogens with zero attached hydrogens (tertiary/aromatic N) is 2. The number of hydrogen-bond acceptors (Lipinski definition) is 3. The molecule has 5 rings (SSSR count). The van der Waals surface area contributed by atoms with Crippen LogP contribution in [0.4, 0.5) is 0 Å². The summed E-state index contributed by atoms with van der Waals surface area (Å²) in [5, 5.41) is 7.52. The molecule has 3 aliphatic carbocycles. The molecule has 162 valence electrons. The van der Waals surface area contributed by atoms with Crippen LogP contribution in [0.2, 0.25) is 0 Å². The van der Waals surface area contributed by atoms with E-state index in [-0.39, 0.29) is 5.92 Å². The molecule has 2 heterocycles. The number of amides is 1. The number of rotatable bonds is 4. The van der Waals surface area contributed by atoms with Gasteiger partial charge in [-0.25, -0.2) is 0 Å². The number of fused-ring (bicyclic) bond motifs is 2. The Kier molecular flexibility index (Phi) is 5.48. The van der Waals surface area contributed by atoms with Crippen molar-refractivity contribution >= 4 is 11.9 Å². The van der Waals surface area contributed by atoms with Crippen molar-refractivity contribution in [2.45, 2.75) is 89.3 Å². The lowest BCUT2D eigenvalue weighted by Gasteiger charge is -2.57. The monoisotopic (exact) mass is 402 g/mol. The zero-order valence-electron chi connectivity index (χ0n) is 18.0. The second kappa shape index (κ2) is 8.09. The highest BCUT2D eigenvalue weighted by molar-refractivity contribution is 5.82. The van der Waals surface area contributed by atoms with Crippen molar-refractivity contribution < 1.29 is 9.53 Å². The fraction of sp³-hybridized carbons (Fsp3) is 0.913. The fourth-order valence-electron chi connectivity index (χ4n) is 7.05. The summed E-state index contributed by atoms with van der Waals surface area (Å²) in [7, 11) is 0. The van der Waals surface area contributed by atoms with Gasteiger partial charge >= 0.3 is 0 Å². The Morgan fingerprint density at radius 2 is 1.90 bits per heavy atom. The molecule has 29 heavy (non-hydrogen) atoms. The van der Waals surface area contributed by atoms with Crippen LogP contribution in [0.5, 0.6) is 0 Å². The molecule has 0 aromatic carbocycles. The summed E-state index contributed by atoms with van der Waals surface area (Å²) < 4.78 is 6.14. The quantitative estimate of drug-likeness (QED) is 0.560. The normalized spacial score (nSPS) is 36.4. The van der Waals surface area contributed by atoms with Crippen LogP contribution in [-0.2, 0) is 9.53 Å². The van der Waals surface area contributed by atoms with Crippen molar-refractivity contribution in [2.75, 3.05) is 26.2 Å². The van der Waals surface area contributed by atoms with E-state index in [0.29, 0.717) is 35.4 Å². The first-order valence-electron chi connectivity index (χ1n) is 12.2. The molecule has 4 atom stereocenters. The molecule has 2 N–H and O–H groups in total. The summed E-state index contributed by atoms with van der Waals surface area (Å²) in [4.78, 5) is 19.6. The highest BCUT2D eigenvalue weighted by atomic mass is 16.5. The lowest BCUT2D eigenvalue weighted by atomic mass is 9.54. The first kappa shape index (κ1) is 19.7. The number of aliphatic imine (C=N–C) groups is 1. The Labute approximate surface area is 175 Å². The van der Waals surface area contributed by atoms with Gasteiger partial charge in [-0.1, -0.05) is 25.7 Å². The van der Waals surface area contributed by atoms with Crippen molar-refractivity contribution in [3.63, 3.8) is 0 Å². The molecule has 2 aliphatic heterocycles. The van der Waals surface area contributed by atoms with Gasteiger partial charge in [-0.3, -0.25) is 9.79 Å². The number of carbonyl (C=O) groups excluding carboxylic acids is 1. The molecule has 5 aliphatic rings. The highest BCUT2D eigenvalue weighted by Crippen LogP contribution is 2.60. The first-order chi connectivity index (χ1) is 14.2. The van der Waals surface area contributed by atoms with Gasteiger partial charge < -0.3 is 20.3 Å². The van der Waals surface area contributed by atoms with Crippen LogP contribution in [0.1, 0.15) is 71.1 Å². The molecule has 0 radical (unpaired) electrons. The summed E-state index contributed by atoms with van der Waals surface area (Å²) >= 11 is 0. The number of ether oxygens (including phenoxy) is 1. The minimum absolute atomic E-state index is 0.284. The minimum Gasteiger partial charge on any atom is -0.377 e. The molecular weight excluding hydrogens is 364 g/mol. The average Bonchev–Trinajstić information content (AvgIpc) is 3.52. The summed E-state index contributed by atoms with van der Waals surface area (Å²) in [6.07, 6.45) is 12.5. The molecule has 1 amide bonds. The van der Waals surface area contributed by atoms with E-state index in [1.165, 1.54) is 44.9 Å². The van der Waals surface area contributed by atoms with Crippen molar-refractivity contribution in [1.29, 1.82) is 0 Å². The third-order valence-corrected chi connectivity index (χ3v) is 8.44. The third kappa shape index (κ3) is 3.45. The van der Waals surface area contributed by atoms with E-state index in [4.69, 9.17) is 9.73 Å². The van der Waals surface area contributed by atoms with E-state index >= 15 is 0 Å². The van der Waals surface area contributed by atoms with Crippen LogP contribution < -0.4 is 10.6 Å². The summed E-state index contributed by atoms with van der Waals surface area (Å²) in [6, 6.07) is 0.807. The zero-order valence-corrected chi connectivity index (χ0v) is 18.0. The molecule has 2 saturated heterocycles. The van der Waals surface area contributed by atoms with Crippen molar-refractivity contribution in [1.82, 2.24) is 15.5 Å². The van der Waals surface area contributed by atoms with E-state index < -0.39 is 0 Å². The highest BCUT2D eigenvalue weighted by Gasteiger charge is 2.65. The van der Waals surface area contributed by atoms with Crippen molar-refractivity contribution in [3.05, 3.63) is 0 Å². The Balaban J connectivity index is 1.20. The molecule has 3 saturated carbocycles. The molecule has 1 spiro atoms. The number of hydrogen-bond donors (Lipinski definition) is 2. The van der Waals surface area contributed by atoms with Crippen LogP contribution >= 0.6 is 0 Å². The Morgan fingerprint density at radius 1 is 1.10 bits per heavy atom. The Morgan fingerprint density at radius 3 is 2.66 bits per heavy atom. The van der Waals surface area contributed by atoms with Crippen molar-refractivity contribution in [2.24, 2.45) is 22.2 Å². The predicted molar refractivity (Wildman–Crippen MR) is 114 cm³/mol. The van der Waals surface area contributed by atoms with E-state index in [1.54, 1.807) is 0 Å². The van der Waals surface area contributed by atoms with Gasteiger partial charge in [-0.2, -0.15) is 0 Å². The average molecular weight is 403 g/mol. The second-order valence-corrected chi connectivity index (χ2v) is 10.0. The summed E-state index contributed by atoms with van der Waals surface area (Å²) in [5.74, 6) is 2.27. The summed E-state index contributed by atoms with van der Waals surface area (Å²) in [6.45, 7) is 5.51. The molecule has 0 aromatic rings. The van der Waals surface area contributed by atoms with Gasteiger partial charge in [-0.05, 0) is 45.4 Å². The van der Waals surface area contributed by atoms with Gasteiger partial charge in [0.1, 0.15) is 0 Å². The largest absolute Gasteiger partial charge is 0.377 e. The van der Waals surface area contributed by atoms with Crippen LogP contribution in [-0.4, -0.2) is 61.2 Å². The maximum absolute atomic E-state index is 12.8. The van der Waals surface area contributed by atoms with Gasteiger partial charge in [-0.15, -0.1) is 0 Å². The predicted octanol–water partition coefficient (Wildman–Crippen LogP) is 2.68. The van der Waals surface area contributed by atoms with Crippen molar-refractivity contribution in [3.8, 4) is 0 Å². The fourth-order valence-corrected chi connectivity index (χ4v) is 7.05. The topological polar surface area (TPSA) is 66.0 Å². The van der Waals surface area contributed by atoms with Crippen LogP contribution in [0, 0.1) is 17.3 Å². The molecule has 6 nitrogen and oxygen atoms in total. The molecular formula is C23H38N4O2. The maximum Gasteiger partial charge on any atom is 0.225 e. The molecule has 4 unspecified atom stereocenters. The minimum atomic E-state index is 0.284. The Hall–Kier alpha value is -1.30. The van der Waals surface area contributed by atoms with Gasteiger partial charge in [0.25, 0.3) is 0 Å². The molecule has 5 fully saturated rings. The number of carbonyl (C=O) groups is 1. The number of nitrogens with one attached hydrogen (secondary N) is 2. The number of guanidine groups is 1. The van der Waals surface area contributed by atoms with Crippen LogP contribution in [0.15, 0.2) is 4.99 Å². The third-order valence-electron chi connectivity index (χ3n) is 8.44. The second-order valence-electron chi connectivity index (χ2n) is 10.0. The zero-order chi connectivity index (χ0) is 19.8. The maximum atomic E-state index is 12.8. The van der Waals surface area contributed by atoms with Crippen LogP contribution in [0.3, 0.4) is 0 Å². The standard InChI is InChI=1S/C23H38N4O2/c1-2-24-22(25-17-9-13-27(15-17)21(28)16-7-3-4-8-16)26-19-18-10-14-29-20(18)23(19)11-5-6-12-23/h16-20H,2-15H2,1H3,(H2,24,25,26). The molecule has 0 aromatic heterocycles. The Bertz CT molecular complexity index is 639. The molecule has 6 heteroatoms. The van der Waals surface area contributed by atoms with Gasteiger partial charge in [0.05, 0.1) is 6.10 Å². The van der Waals surface area contributed by atoms with E-state index in [1.807, 2.05) is 0 Å². The number of likely N-dealkylation sites (tertiary alicyclic amines) is 1. The van der Waals surface area contributed by atoms with Gasteiger partial charge in [0.15, 0.2) is 5.96 Å². The van der Waals surface area contributed by atoms with Gasteiger partial charge in [0, 0.05) is 55.6 Å². The first-order valence-corrected chi connectivity index (χ1v) is 12.2. The van der Waals surface area contributed by atoms with E-state index in [9.17, 15) is 4.79 Å². The summed E-state index contributed by atoms with van der Waals surface area (Å²) in [5.41, 5.74) is 0.331. The van der Waals surface area contributed by atoms with E-state index in [2.05, 4.69) is 22.5 Å².